The van der Waals surface area contributed by atoms with Crippen LogP contribution in [0.15, 0.2) is 30.5 Å². The summed E-state index contributed by atoms with van der Waals surface area (Å²) in [5.74, 6) is -0.103. The molecule has 0 spiro atoms. The molecule has 7 heteroatoms. The molecule has 0 amide bonds. The largest absolute Gasteiger partial charge is 0.250 e. The minimum Gasteiger partial charge on any atom is -0.250 e. The lowest BCUT2D eigenvalue weighted by Crippen LogP contribution is -2.27. The summed E-state index contributed by atoms with van der Waals surface area (Å²) in [4.78, 5) is 5.21. The van der Waals surface area contributed by atoms with Crippen molar-refractivity contribution < 1.29 is 8.42 Å². The van der Waals surface area contributed by atoms with E-state index in [-0.39, 0.29) is 5.75 Å². The van der Waals surface area contributed by atoms with Gasteiger partial charge in [0.05, 0.1) is 10.8 Å². The van der Waals surface area contributed by atoms with Crippen molar-refractivity contribution in [2.75, 3.05) is 6.54 Å². The van der Waals surface area contributed by atoms with E-state index in [1.165, 1.54) is 0 Å². The zero-order valence-corrected chi connectivity index (χ0v) is 13.4. The smallest absolute Gasteiger partial charge is 0.215 e. The first-order valence-electron chi connectivity index (χ1n) is 6.08. The Morgan fingerprint density at radius 2 is 2.10 bits per heavy atom. The molecule has 1 N–H and O–H groups in total. The second-order valence-electron chi connectivity index (χ2n) is 4.34. The van der Waals surface area contributed by atoms with Crippen molar-refractivity contribution in [3.8, 4) is 0 Å². The highest BCUT2D eigenvalue weighted by Gasteiger charge is 2.13. The highest BCUT2D eigenvalue weighted by atomic mass is 35.5. The Balaban J connectivity index is 1.90. The van der Waals surface area contributed by atoms with Crippen LogP contribution in [-0.2, 0) is 22.2 Å². The predicted octanol–water partition coefficient (Wildman–Crippen LogP) is 2.77. The van der Waals surface area contributed by atoms with E-state index in [0.29, 0.717) is 23.6 Å². The van der Waals surface area contributed by atoms with Crippen LogP contribution in [0.5, 0.6) is 0 Å². The number of hydrogen-bond donors (Lipinski definition) is 1. The average Bonchev–Trinajstić information content (AvgIpc) is 2.77. The quantitative estimate of drug-likeness (QED) is 0.886. The van der Waals surface area contributed by atoms with Crippen LogP contribution in [0.4, 0.5) is 0 Å². The number of sulfonamides is 1. The first-order chi connectivity index (χ1) is 9.46. The van der Waals surface area contributed by atoms with Crippen LogP contribution in [0.1, 0.15) is 15.4 Å². The van der Waals surface area contributed by atoms with Crippen LogP contribution < -0.4 is 4.72 Å². The van der Waals surface area contributed by atoms with Crippen molar-refractivity contribution in [2.45, 2.75) is 19.1 Å². The Kier molecular flexibility index (Phi) is 5.15. The lowest BCUT2D eigenvalue weighted by atomic mass is 10.2. The lowest BCUT2D eigenvalue weighted by molar-refractivity contribution is 0.581. The third-order valence-electron chi connectivity index (χ3n) is 2.67. The van der Waals surface area contributed by atoms with Crippen LogP contribution in [0, 0.1) is 6.92 Å². The fourth-order valence-electron chi connectivity index (χ4n) is 1.72. The summed E-state index contributed by atoms with van der Waals surface area (Å²) in [6.07, 6.45) is 2.43. The normalized spacial score (nSPS) is 11.7. The Morgan fingerprint density at radius 3 is 2.75 bits per heavy atom. The Hall–Kier alpha value is -0.950. The van der Waals surface area contributed by atoms with Crippen molar-refractivity contribution in [1.29, 1.82) is 0 Å². The lowest BCUT2D eigenvalue weighted by Gasteiger charge is -2.07. The van der Waals surface area contributed by atoms with Crippen LogP contribution in [0.2, 0.25) is 5.02 Å². The maximum Gasteiger partial charge on any atom is 0.215 e. The fourth-order valence-corrected chi connectivity index (χ4v) is 3.97. The molecule has 108 valence electrons. The SMILES string of the molecule is Cc1ncc(CCNS(=O)(=O)Cc2ccccc2Cl)s1. The Labute approximate surface area is 127 Å². The van der Waals surface area contributed by atoms with Gasteiger partial charge in [-0.05, 0) is 25.0 Å². The highest BCUT2D eigenvalue weighted by Crippen LogP contribution is 2.17. The third-order valence-corrected chi connectivity index (χ3v) is 5.34. The van der Waals surface area contributed by atoms with Gasteiger partial charge in [0.2, 0.25) is 10.0 Å². The summed E-state index contributed by atoms with van der Waals surface area (Å²) in [6.45, 7) is 2.30. The van der Waals surface area contributed by atoms with E-state index in [9.17, 15) is 8.42 Å². The maximum atomic E-state index is 12.0. The van der Waals surface area contributed by atoms with E-state index in [0.717, 1.165) is 9.88 Å². The highest BCUT2D eigenvalue weighted by molar-refractivity contribution is 7.88. The molecule has 0 aliphatic heterocycles. The van der Waals surface area contributed by atoms with E-state index in [4.69, 9.17) is 11.6 Å². The number of thiazole rings is 1. The molecule has 1 aromatic heterocycles. The topological polar surface area (TPSA) is 59.1 Å². The number of rotatable bonds is 6. The molecule has 0 aliphatic carbocycles. The molecule has 0 saturated carbocycles. The van der Waals surface area contributed by atoms with Gasteiger partial charge in [-0.3, -0.25) is 0 Å². The van der Waals surface area contributed by atoms with Gasteiger partial charge in [-0.25, -0.2) is 18.1 Å². The second kappa shape index (κ2) is 6.67. The van der Waals surface area contributed by atoms with E-state index in [2.05, 4.69) is 9.71 Å². The van der Waals surface area contributed by atoms with E-state index in [1.807, 2.05) is 6.92 Å². The molecule has 1 aromatic carbocycles. The van der Waals surface area contributed by atoms with Crippen LogP contribution in [0.3, 0.4) is 0 Å². The molecule has 2 rings (SSSR count). The number of halogens is 1. The molecule has 4 nitrogen and oxygen atoms in total. The number of benzene rings is 1. The van der Waals surface area contributed by atoms with Crippen LogP contribution in [0.25, 0.3) is 0 Å². The Bertz CT molecular complexity index is 683. The number of hydrogen-bond acceptors (Lipinski definition) is 4. The van der Waals surface area contributed by atoms with Gasteiger partial charge in [-0.15, -0.1) is 11.3 Å². The fraction of sp³-hybridized carbons (Fsp3) is 0.308. The van der Waals surface area contributed by atoms with Gasteiger partial charge in [0.1, 0.15) is 0 Å². The molecular weight excluding hydrogens is 316 g/mol. The summed E-state index contributed by atoms with van der Waals surface area (Å²) in [6, 6.07) is 6.95. The molecule has 1 heterocycles. The van der Waals surface area contributed by atoms with E-state index >= 15 is 0 Å². The van der Waals surface area contributed by atoms with Crippen LogP contribution in [-0.4, -0.2) is 19.9 Å². The summed E-state index contributed by atoms with van der Waals surface area (Å²) in [7, 11) is -3.37. The van der Waals surface area contributed by atoms with Crippen molar-refractivity contribution in [1.82, 2.24) is 9.71 Å². The minimum atomic E-state index is -3.37. The zero-order chi connectivity index (χ0) is 14.6. The zero-order valence-electron chi connectivity index (χ0n) is 11.0. The van der Waals surface area contributed by atoms with Gasteiger partial charge in [-0.1, -0.05) is 29.8 Å². The van der Waals surface area contributed by atoms with Gasteiger partial charge >= 0.3 is 0 Å². The van der Waals surface area contributed by atoms with Gasteiger partial charge in [0.25, 0.3) is 0 Å². The molecule has 20 heavy (non-hydrogen) atoms. The van der Waals surface area contributed by atoms with Crippen molar-refractivity contribution >= 4 is 33.0 Å². The average molecular weight is 331 g/mol. The van der Waals surface area contributed by atoms with Gasteiger partial charge < -0.3 is 0 Å². The second-order valence-corrected chi connectivity index (χ2v) is 7.87. The summed E-state index contributed by atoms with van der Waals surface area (Å²) >= 11 is 7.54. The van der Waals surface area contributed by atoms with Gasteiger partial charge in [-0.2, -0.15) is 0 Å². The van der Waals surface area contributed by atoms with E-state index < -0.39 is 10.0 Å². The van der Waals surface area contributed by atoms with E-state index in [1.54, 1.807) is 41.8 Å². The first kappa shape index (κ1) is 15.4. The molecule has 0 atom stereocenters. The molecule has 0 aliphatic rings. The molecule has 0 saturated heterocycles. The Morgan fingerprint density at radius 1 is 1.35 bits per heavy atom. The van der Waals surface area contributed by atoms with Crippen molar-refractivity contribution in [2.24, 2.45) is 0 Å². The molecule has 2 aromatic rings. The summed E-state index contributed by atoms with van der Waals surface area (Å²) in [5.41, 5.74) is 0.607. The number of nitrogens with zero attached hydrogens (tertiary/aromatic N) is 1. The third kappa shape index (κ3) is 4.56. The molecule has 0 radical (unpaired) electrons. The molecule has 0 fully saturated rings. The standard InChI is InChI=1S/C13H15ClN2O2S2/c1-10-15-8-12(19-10)6-7-16-20(17,18)9-11-4-2-3-5-13(11)14/h2-5,8,16H,6-7,9H2,1H3. The summed E-state index contributed by atoms with van der Waals surface area (Å²) in [5, 5.41) is 1.45. The number of aromatic nitrogens is 1. The van der Waals surface area contributed by atoms with Crippen LogP contribution >= 0.6 is 22.9 Å². The number of aryl methyl sites for hydroxylation is 1. The van der Waals surface area contributed by atoms with Crippen molar-refractivity contribution in [3.63, 3.8) is 0 Å². The number of nitrogens with one attached hydrogen (secondary N) is 1. The summed E-state index contributed by atoms with van der Waals surface area (Å²) < 4.78 is 26.5. The minimum absolute atomic E-state index is 0.103. The molecule has 0 unspecified atom stereocenters. The monoisotopic (exact) mass is 330 g/mol. The van der Waals surface area contributed by atoms with Gasteiger partial charge in [0.15, 0.2) is 0 Å². The maximum absolute atomic E-state index is 12.0. The first-order valence-corrected chi connectivity index (χ1v) is 8.93. The van der Waals surface area contributed by atoms with Crippen molar-refractivity contribution in [3.05, 3.63) is 50.9 Å². The van der Waals surface area contributed by atoms with Gasteiger partial charge in [0, 0.05) is 22.6 Å². The molecular formula is C13H15ClN2O2S2. The molecule has 0 bridgehead atoms. The predicted molar refractivity (Wildman–Crippen MR) is 82.6 cm³/mol.